The predicted molar refractivity (Wildman–Crippen MR) is 109 cm³/mol. The van der Waals surface area contributed by atoms with Gasteiger partial charge in [0.15, 0.2) is 0 Å². The number of piperazine rings is 1. The first-order valence-electron chi connectivity index (χ1n) is 9.81. The van der Waals surface area contributed by atoms with Crippen LogP contribution in [0.25, 0.3) is 0 Å². The number of carbonyl (C=O) groups excluding carboxylic acids is 3. The van der Waals surface area contributed by atoms with Crippen molar-refractivity contribution in [3.8, 4) is 0 Å². The number of ether oxygens (including phenoxy) is 1. The first-order chi connectivity index (χ1) is 14.1. The van der Waals surface area contributed by atoms with Crippen LogP contribution in [-0.2, 0) is 32.1 Å². The minimum atomic E-state index is -0.661. The molecule has 29 heavy (non-hydrogen) atoms. The summed E-state index contributed by atoms with van der Waals surface area (Å²) in [6.07, 6.45) is 1.03. The zero-order valence-corrected chi connectivity index (χ0v) is 16.6. The SMILES string of the molecule is COC(=O)CC[C@H]1C(=O)N(CCc2ccccc2)CC(=O)N1Cc1ccccc1. The van der Waals surface area contributed by atoms with Crippen molar-refractivity contribution in [3.63, 3.8) is 0 Å². The Morgan fingerprint density at radius 2 is 1.62 bits per heavy atom. The van der Waals surface area contributed by atoms with Crippen LogP contribution in [0.1, 0.15) is 24.0 Å². The van der Waals surface area contributed by atoms with E-state index in [1.54, 1.807) is 9.80 Å². The van der Waals surface area contributed by atoms with Crippen LogP contribution in [0.4, 0.5) is 0 Å². The number of rotatable bonds is 8. The van der Waals surface area contributed by atoms with Gasteiger partial charge in [0.2, 0.25) is 11.8 Å². The van der Waals surface area contributed by atoms with Crippen LogP contribution in [-0.4, -0.2) is 53.8 Å². The van der Waals surface area contributed by atoms with E-state index in [4.69, 9.17) is 4.74 Å². The maximum absolute atomic E-state index is 13.2. The Bertz CT molecular complexity index is 838. The third kappa shape index (κ3) is 5.44. The van der Waals surface area contributed by atoms with E-state index in [0.29, 0.717) is 19.5 Å². The highest BCUT2D eigenvalue weighted by molar-refractivity contribution is 5.95. The highest BCUT2D eigenvalue weighted by Gasteiger charge is 2.39. The summed E-state index contributed by atoms with van der Waals surface area (Å²) in [7, 11) is 1.32. The minimum absolute atomic E-state index is 0.0627. The number of carbonyl (C=O) groups is 3. The summed E-state index contributed by atoms with van der Waals surface area (Å²) in [5.74, 6) is -0.594. The molecule has 0 spiro atoms. The van der Waals surface area contributed by atoms with E-state index in [1.165, 1.54) is 7.11 Å². The fourth-order valence-corrected chi connectivity index (χ4v) is 3.56. The number of amides is 2. The summed E-state index contributed by atoms with van der Waals surface area (Å²) >= 11 is 0. The summed E-state index contributed by atoms with van der Waals surface area (Å²) in [6, 6.07) is 18.8. The van der Waals surface area contributed by atoms with Gasteiger partial charge in [0.05, 0.1) is 13.7 Å². The molecular weight excluding hydrogens is 368 g/mol. The molecule has 1 aliphatic rings. The minimum Gasteiger partial charge on any atom is -0.469 e. The van der Waals surface area contributed by atoms with E-state index < -0.39 is 6.04 Å². The van der Waals surface area contributed by atoms with E-state index in [0.717, 1.165) is 11.1 Å². The van der Waals surface area contributed by atoms with Crippen molar-refractivity contribution < 1.29 is 19.1 Å². The first kappa shape index (κ1) is 20.6. The van der Waals surface area contributed by atoms with Crippen LogP contribution in [0, 0.1) is 0 Å². The summed E-state index contributed by atoms with van der Waals surface area (Å²) < 4.78 is 4.72. The van der Waals surface area contributed by atoms with E-state index in [-0.39, 0.29) is 37.2 Å². The molecule has 1 aliphatic heterocycles. The molecule has 0 saturated carbocycles. The van der Waals surface area contributed by atoms with E-state index in [2.05, 4.69) is 0 Å². The number of nitrogens with zero attached hydrogens (tertiary/aromatic N) is 2. The van der Waals surface area contributed by atoms with Crippen LogP contribution in [0.5, 0.6) is 0 Å². The van der Waals surface area contributed by atoms with Crippen molar-refractivity contribution in [2.45, 2.75) is 31.8 Å². The van der Waals surface area contributed by atoms with Crippen molar-refractivity contribution in [2.24, 2.45) is 0 Å². The van der Waals surface area contributed by atoms with Gasteiger partial charge in [-0.3, -0.25) is 14.4 Å². The quantitative estimate of drug-likeness (QED) is 0.645. The van der Waals surface area contributed by atoms with Crippen molar-refractivity contribution in [3.05, 3.63) is 71.8 Å². The highest BCUT2D eigenvalue weighted by atomic mass is 16.5. The summed E-state index contributed by atoms with van der Waals surface area (Å²) in [5, 5.41) is 0. The molecule has 2 amide bonds. The Labute approximate surface area is 171 Å². The van der Waals surface area contributed by atoms with E-state index >= 15 is 0 Å². The molecular formula is C23H26N2O4. The molecule has 2 aromatic rings. The summed E-state index contributed by atoms with van der Waals surface area (Å²) in [5.41, 5.74) is 2.07. The molecule has 0 aliphatic carbocycles. The number of hydrogen-bond acceptors (Lipinski definition) is 4. The van der Waals surface area contributed by atoms with Gasteiger partial charge in [0.25, 0.3) is 0 Å². The van der Waals surface area contributed by atoms with Gasteiger partial charge in [-0.1, -0.05) is 60.7 Å². The average Bonchev–Trinajstić information content (AvgIpc) is 2.76. The lowest BCUT2D eigenvalue weighted by atomic mass is 10.0. The van der Waals surface area contributed by atoms with E-state index in [9.17, 15) is 14.4 Å². The first-order valence-corrected chi connectivity index (χ1v) is 9.81. The lowest BCUT2D eigenvalue weighted by Gasteiger charge is -2.40. The third-order valence-electron chi connectivity index (χ3n) is 5.18. The van der Waals surface area contributed by atoms with E-state index in [1.807, 2.05) is 60.7 Å². The van der Waals surface area contributed by atoms with Gasteiger partial charge in [0, 0.05) is 19.5 Å². The Hall–Kier alpha value is -3.15. The van der Waals surface area contributed by atoms with Gasteiger partial charge in [-0.15, -0.1) is 0 Å². The Kier molecular flexibility index (Phi) is 7.00. The van der Waals surface area contributed by atoms with Crippen LogP contribution in [0.15, 0.2) is 60.7 Å². The number of methoxy groups -OCH3 is 1. The molecule has 0 bridgehead atoms. The lowest BCUT2D eigenvalue weighted by Crippen LogP contribution is -2.59. The maximum Gasteiger partial charge on any atom is 0.305 e. The predicted octanol–water partition coefficient (Wildman–Crippen LogP) is 2.42. The lowest BCUT2D eigenvalue weighted by molar-refractivity contribution is -0.157. The number of esters is 1. The molecule has 1 atom stereocenters. The Morgan fingerprint density at radius 1 is 1.00 bits per heavy atom. The zero-order valence-electron chi connectivity index (χ0n) is 16.6. The van der Waals surface area contributed by atoms with Crippen molar-refractivity contribution in [1.29, 1.82) is 0 Å². The van der Waals surface area contributed by atoms with Crippen molar-refractivity contribution >= 4 is 17.8 Å². The normalized spacial score (nSPS) is 16.8. The van der Waals surface area contributed by atoms with Crippen molar-refractivity contribution in [2.75, 3.05) is 20.2 Å². The molecule has 0 unspecified atom stereocenters. The van der Waals surface area contributed by atoms with Crippen LogP contribution in [0.3, 0.4) is 0 Å². The van der Waals surface area contributed by atoms with Crippen molar-refractivity contribution in [1.82, 2.24) is 9.80 Å². The number of benzene rings is 2. The fraction of sp³-hybridized carbons (Fsp3) is 0.348. The van der Waals surface area contributed by atoms with Gasteiger partial charge in [-0.05, 0) is 24.0 Å². The second-order valence-electron chi connectivity index (χ2n) is 7.13. The molecule has 1 heterocycles. The average molecular weight is 394 g/mol. The molecule has 0 N–H and O–H groups in total. The van der Waals surface area contributed by atoms with Gasteiger partial charge in [-0.2, -0.15) is 0 Å². The van der Waals surface area contributed by atoms with Crippen LogP contribution < -0.4 is 0 Å². The molecule has 0 radical (unpaired) electrons. The topological polar surface area (TPSA) is 66.9 Å². The van der Waals surface area contributed by atoms with Gasteiger partial charge in [0.1, 0.15) is 6.04 Å². The van der Waals surface area contributed by atoms with Gasteiger partial charge >= 0.3 is 5.97 Å². The fourth-order valence-electron chi connectivity index (χ4n) is 3.56. The monoisotopic (exact) mass is 394 g/mol. The largest absolute Gasteiger partial charge is 0.469 e. The van der Waals surface area contributed by atoms with Crippen LogP contribution in [0.2, 0.25) is 0 Å². The Balaban J connectivity index is 1.74. The zero-order chi connectivity index (χ0) is 20.6. The highest BCUT2D eigenvalue weighted by Crippen LogP contribution is 2.21. The molecule has 2 aromatic carbocycles. The molecule has 1 saturated heterocycles. The summed E-state index contributed by atoms with van der Waals surface area (Å²) in [4.78, 5) is 40.9. The molecule has 152 valence electrons. The summed E-state index contributed by atoms with van der Waals surface area (Å²) in [6.45, 7) is 0.888. The van der Waals surface area contributed by atoms with Crippen LogP contribution >= 0.6 is 0 Å². The molecule has 1 fully saturated rings. The molecule has 6 heteroatoms. The maximum atomic E-state index is 13.2. The molecule has 0 aromatic heterocycles. The standard InChI is InChI=1S/C23H26N2O4/c1-29-22(27)13-12-20-23(28)24(15-14-18-8-4-2-5-9-18)17-21(26)25(20)16-19-10-6-3-7-11-19/h2-11,20H,12-17H2,1H3/t20-/m0/s1. The Morgan fingerprint density at radius 3 is 2.24 bits per heavy atom. The second kappa shape index (κ2) is 9.87. The molecule has 3 rings (SSSR count). The van der Waals surface area contributed by atoms with Gasteiger partial charge in [-0.25, -0.2) is 0 Å². The second-order valence-corrected chi connectivity index (χ2v) is 7.13. The smallest absolute Gasteiger partial charge is 0.305 e. The van der Waals surface area contributed by atoms with Gasteiger partial charge < -0.3 is 14.5 Å². The number of hydrogen-bond donors (Lipinski definition) is 0. The third-order valence-corrected chi connectivity index (χ3v) is 5.18. The molecule has 6 nitrogen and oxygen atoms in total.